The van der Waals surface area contributed by atoms with E-state index in [9.17, 15) is 26.3 Å². The first-order valence-corrected chi connectivity index (χ1v) is 7.98. The predicted octanol–water partition coefficient (Wildman–Crippen LogP) is 6.28. The molecular weight excluding hydrogens is 444 g/mol. The zero-order chi connectivity index (χ0) is 19.8. The van der Waals surface area contributed by atoms with Crippen LogP contribution in [0.3, 0.4) is 0 Å². The molecule has 0 saturated carbocycles. The fourth-order valence-corrected chi connectivity index (χ4v) is 2.51. The Kier molecular flexibility index (Phi) is 4.89. The standard InChI is InChI=1S/C16H8BrF6N3O/c17-9-3-6-12(24-10-4-1-8(2-5-10)15(18,19)20)11(7-9)13-25-26-14(27-13)16(21,22)23/h1-7,24H. The fourth-order valence-electron chi connectivity index (χ4n) is 2.15. The SMILES string of the molecule is FC(F)(F)c1ccc(Nc2ccc(Br)cc2-c2nnc(C(F)(F)F)o2)cc1. The Morgan fingerprint density at radius 3 is 2.07 bits per heavy atom. The van der Waals surface area contributed by atoms with Crippen molar-refractivity contribution < 1.29 is 30.8 Å². The third kappa shape index (κ3) is 4.41. The average Bonchev–Trinajstić information content (AvgIpc) is 3.06. The maximum absolute atomic E-state index is 12.7. The van der Waals surface area contributed by atoms with Crippen LogP contribution in [0.25, 0.3) is 11.5 Å². The van der Waals surface area contributed by atoms with Crippen molar-refractivity contribution >= 4 is 27.3 Å². The molecule has 0 radical (unpaired) electrons. The molecule has 0 spiro atoms. The monoisotopic (exact) mass is 451 g/mol. The summed E-state index contributed by atoms with van der Waals surface area (Å²) in [5.41, 5.74) is -0.111. The van der Waals surface area contributed by atoms with Crippen molar-refractivity contribution in [2.75, 3.05) is 5.32 Å². The molecule has 0 amide bonds. The lowest BCUT2D eigenvalue weighted by Crippen LogP contribution is -2.04. The molecule has 1 aromatic heterocycles. The molecule has 3 aromatic rings. The normalized spacial score (nSPS) is 12.3. The maximum atomic E-state index is 12.7. The lowest BCUT2D eigenvalue weighted by molar-refractivity contribution is -0.157. The number of aromatic nitrogens is 2. The largest absolute Gasteiger partial charge is 0.470 e. The number of benzene rings is 2. The molecule has 0 aliphatic carbocycles. The Bertz CT molecular complexity index is 950. The van der Waals surface area contributed by atoms with Crippen molar-refractivity contribution in [3.63, 3.8) is 0 Å². The van der Waals surface area contributed by atoms with Gasteiger partial charge in [0.1, 0.15) is 0 Å². The van der Waals surface area contributed by atoms with Crippen LogP contribution in [0.4, 0.5) is 37.7 Å². The van der Waals surface area contributed by atoms with Crippen LogP contribution in [0.2, 0.25) is 0 Å². The zero-order valence-corrected chi connectivity index (χ0v) is 14.6. The molecule has 1 N–H and O–H groups in total. The van der Waals surface area contributed by atoms with Crippen molar-refractivity contribution in [3.05, 3.63) is 58.4 Å². The lowest BCUT2D eigenvalue weighted by atomic mass is 10.1. The van der Waals surface area contributed by atoms with Gasteiger partial charge in [0.25, 0.3) is 0 Å². The molecule has 0 bridgehead atoms. The van der Waals surface area contributed by atoms with Gasteiger partial charge in [0.2, 0.25) is 5.89 Å². The first-order valence-electron chi connectivity index (χ1n) is 7.19. The molecule has 11 heteroatoms. The molecule has 3 rings (SSSR count). The highest BCUT2D eigenvalue weighted by Crippen LogP contribution is 2.36. The second-order valence-corrected chi connectivity index (χ2v) is 6.22. The summed E-state index contributed by atoms with van der Waals surface area (Å²) in [4.78, 5) is 0. The van der Waals surface area contributed by atoms with Gasteiger partial charge >= 0.3 is 18.2 Å². The van der Waals surface area contributed by atoms with E-state index in [4.69, 9.17) is 0 Å². The van der Waals surface area contributed by atoms with Crippen molar-refractivity contribution in [3.8, 4) is 11.5 Å². The molecular formula is C16H8BrF6N3O. The number of anilines is 2. The number of hydrogen-bond donors (Lipinski definition) is 1. The number of halogens is 7. The molecule has 2 aromatic carbocycles. The van der Waals surface area contributed by atoms with Gasteiger partial charge < -0.3 is 9.73 Å². The van der Waals surface area contributed by atoms with Crippen LogP contribution in [0, 0.1) is 0 Å². The molecule has 0 saturated heterocycles. The van der Waals surface area contributed by atoms with Crippen molar-refractivity contribution in [1.82, 2.24) is 10.2 Å². The number of nitrogens with one attached hydrogen (secondary N) is 1. The minimum Gasteiger partial charge on any atom is -0.413 e. The molecule has 0 unspecified atom stereocenters. The van der Waals surface area contributed by atoms with Gasteiger partial charge in [-0.05, 0) is 42.5 Å². The van der Waals surface area contributed by atoms with Gasteiger partial charge in [-0.2, -0.15) is 26.3 Å². The molecule has 142 valence electrons. The summed E-state index contributed by atoms with van der Waals surface area (Å²) in [6, 6.07) is 8.71. The Morgan fingerprint density at radius 1 is 0.852 bits per heavy atom. The van der Waals surface area contributed by atoms with E-state index in [-0.39, 0.29) is 11.3 Å². The fraction of sp³-hybridized carbons (Fsp3) is 0.125. The van der Waals surface area contributed by atoms with Gasteiger partial charge in [0.15, 0.2) is 0 Å². The van der Waals surface area contributed by atoms with Gasteiger partial charge in [0, 0.05) is 10.2 Å². The Morgan fingerprint density at radius 2 is 1.52 bits per heavy atom. The van der Waals surface area contributed by atoms with Crippen LogP contribution >= 0.6 is 15.9 Å². The van der Waals surface area contributed by atoms with Crippen molar-refractivity contribution in [2.45, 2.75) is 12.4 Å². The van der Waals surface area contributed by atoms with Gasteiger partial charge in [-0.15, -0.1) is 10.2 Å². The van der Waals surface area contributed by atoms with E-state index in [1.807, 2.05) is 0 Å². The van der Waals surface area contributed by atoms with E-state index in [2.05, 4.69) is 35.9 Å². The summed E-state index contributed by atoms with van der Waals surface area (Å²) in [6.07, 6.45) is -9.27. The maximum Gasteiger partial charge on any atom is 0.470 e. The first kappa shape index (κ1) is 19.2. The van der Waals surface area contributed by atoms with E-state index in [0.29, 0.717) is 10.2 Å². The number of hydrogen-bond acceptors (Lipinski definition) is 4. The predicted molar refractivity (Wildman–Crippen MR) is 87.2 cm³/mol. The highest BCUT2D eigenvalue weighted by atomic mass is 79.9. The second-order valence-electron chi connectivity index (χ2n) is 5.30. The van der Waals surface area contributed by atoms with E-state index in [0.717, 1.165) is 12.1 Å². The van der Waals surface area contributed by atoms with Gasteiger partial charge in [-0.3, -0.25) is 0 Å². The lowest BCUT2D eigenvalue weighted by Gasteiger charge is -2.12. The summed E-state index contributed by atoms with van der Waals surface area (Å²) in [6.45, 7) is 0. The van der Waals surface area contributed by atoms with E-state index in [1.165, 1.54) is 24.3 Å². The minimum absolute atomic E-state index is 0.146. The number of alkyl halides is 6. The summed E-state index contributed by atoms with van der Waals surface area (Å²) in [5.74, 6) is -1.89. The Balaban J connectivity index is 1.94. The van der Waals surface area contributed by atoms with Crippen LogP contribution in [-0.4, -0.2) is 10.2 Å². The molecule has 0 aliphatic rings. The van der Waals surface area contributed by atoms with Gasteiger partial charge in [0.05, 0.1) is 16.8 Å². The summed E-state index contributed by atoms with van der Waals surface area (Å²) < 4.78 is 81.1. The Labute approximate surface area is 156 Å². The quantitative estimate of drug-likeness (QED) is 0.476. The molecule has 4 nitrogen and oxygen atoms in total. The zero-order valence-electron chi connectivity index (χ0n) is 13.0. The van der Waals surface area contributed by atoms with Crippen LogP contribution in [0.15, 0.2) is 51.4 Å². The minimum atomic E-state index is -4.79. The van der Waals surface area contributed by atoms with Crippen molar-refractivity contribution in [2.24, 2.45) is 0 Å². The number of rotatable bonds is 3. The summed E-state index contributed by atoms with van der Waals surface area (Å²) in [5, 5.41) is 9.19. The molecule has 1 heterocycles. The molecule has 27 heavy (non-hydrogen) atoms. The van der Waals surface area contributed by atoms with E-state index in [1.54, 1.807) is 6.07 Å². The van der Waals surface area contributed by atoms with Crippen LogP contribution in [-0.2, 0) is 12.4 Å². The van der Waals surface area contributed by atoms with Crippen LogP contribution in [0.1, 0.15) is 11.5 Å². The van der Waals surface area contributed by atoms with Gasteiger partial charge in [-0.1, -0.05) is 15.9 Å². The van der Waals surface area contributed by atoms with E-state index >= 15 is 0 Å². The van der Waals surface area contributed by atoms with Crippen LogP contribution in [0.5, 0.6) is 0 Å². The first-order chi connectivity index (χ1) is 12.5. The smallest absolute Gasteiger partial charge is 0.413 e. The summed E-state index contributed by atoms with van der Waals surface area (Å²) in [7, 11) is 0. The van der Waals surface area contributed by atoms with Crippen molar-refractivity contribution in [1.29, 1.82) is 0 Å². The Hall–Kier alpha value is -2.56. The van der Waals surface area contributed by atoms with Gasteiger partial charge in [-0.25, -0.2) is 0 Å². The van der Waals surface area contributed by atoms with Crippen LogP contribution < -0.4 is 5.32 Å². The average molecular weight is 452 g/mol. The second kappa shape index (κ2) is 6.87. The third-order valence-electron chi connectivity index (χ3n) is 3.37. The number of nitrogens with zero attached hydrogens (tertiary/aromatic N) is 2. The third-order valence-corrected chi connectivity index (χ3v) is 3.86. The molecule has 0 aliphatic heterocycles. The summed E-state index contributed by atoms with van der Waals surface area (Å²) >= 11 is 3.19. The molecule has 0 fully saturated rings. The topological polar surface area (TPSA) is 51.0 Å². The highest BCUT2D eigenvalue weighted by molar-refractivity contribution is 9.10. The van der Waals surface area contributed by atoms with E-state index < -0.39 is 29.7 Å². The molecule has 0 atom stereocenters. The highest BCUT2D eigenvalue weighted by Gasteiger charge is 2.38.